The number of aliphatic imine (C=N–C) groups is 1. The van der Waals surface area contributed by atoms with Gasteiger partial charge in [-0.25, -0.2) is 0 Å². The van der Waals surface area contributed by atoms with E-state index in [1.807, 2.05) is 23.9 Å². The number of benzene rings is 1. The van der Waals surface area contributed by atoms with Gasteiger partial charge in [0.05, 0.1) is 0 Å². The Bertz CT molecular complexity index is 526. The Morgan fingerprint density at radius 3 is 2.77 bits per heavy atom. The molecule has 3 nitrogen and oxygen atoms in total. The molecule has 0 atom stereocenters. The molecule has 1 saturated heterocycles. The highest BCUT2D eigenvalue weighted by atomic mass is 35.5. The molecule has 0 bridgehead atoms. The fraction of sp³-hybridized carbons (Fsp3) is 0.588. The lowest BCUT2D eigenvalue weighted by atomic mass is 10.0. The average molecular weight is 338 g/mol. The molecule has 2 aliphatic heterocycles. The maximum atomic E-state index is 6.39. The summed E-state index contributed by atoms with van der Waals surface area (Å²) in [6.45, 7) is 4.18. The number of halogens is 1. The molecule has 22 heavy (non-hydrogen) atoms. The number of nitrogens with zero attached hydrogens (tertiary/aromatic N) is 3. The zero-order valence-corrected chi connectivity index (χ0v) is 14.7. The van der Waals surface area contributed by atoms with E-state index in [0.29, 0.717) is 6.04 Å². The lowest BCUT2D eigenvalue weighted by molar-refractivity contribution is 0.174. The van der Waals surface area contributed by atoms with Crippen LogP contribution in [0.1, 0.15) is 24.8 Å². The van der Waals surface area contributed by atoms with Crippen molar-refractivity contribution in [3.05, 3.63) is 34.9 Å². The number of amidine groups is 1. The number of hydrogen-bond donors (Lipinski definition) is 0. The second kappa shape index (κ2) is 7.71. The first-order chi connectivity index (χ1) is 10.7. The van der Waals surface area contributed by atoms with Crippen LogP contribution in [0.15, 0.2) is 29.3 Å². The van der Waals surface area contributed by atoms with E-state index in [1.54, 1.807) is 0 Å². The molecule has 2 aliphatic rings. The zero-order valence-electron chi connectivity index (χ0n) is 13.2. The molecular weight excluding hydrogens is 314 g/mol. The minimum Gasteiger partial charge on any atom is -0.344 e. The van der Waals surface area contributed by atoms with Crippen LogP contribution in [0.25, 0.3) is 0 Å². The molecule has 1 aromatic carbocycles. The van der Waals surface area contributed by atoms with Gasteiger partial charge in [-0.05, 0) is 51.0 Å². The highest BCUT2D eigenvalue weighted by molar-refractivity contribution is 8.13. The molecule has 0 amide bonds. The van der Waals surface area contributed by atoms with E-state index in [4.69, 9.17) is 16.6 Å². The average Bonchev–Trinajstić information content (AvgIpc) is 2.56. The molecule has 0 saturated carbocycles. The normalized spacial score (nSPS) is 20.7. The van der Waals surface area contributed by atoms with Gasteiger partial charge in [-0.2, -0.15) is 0 Å². The summed E-state index contributed by atoms with van der Waals surface area (Å²) in [6.07, 6.45) is 3.61. The van der Waals surface area contributed by atoms with Crippen molar-refractivity contribution in [2.45, 2.75) is 31.8 Å². The first kappa shape index (κ1) is 16.2. The van der Waals surface area contributed by atoms with Crippen molar-refractivity contribution in [1.82, 2.24) is 9.80 Å². The Balaban J connectivity index is 1.79. The van der Waals surface area contributed by atoms with Crippen molar-refractivity contribution in [3.63, 3.8) is 0 Å². The highest BCUT2D eigenvalue weighted by Gasteiger charge is 2.27. The van der Waals surface area contributed by atoms with Gasteiger partial charge in [-0.3, -0.25) is 4.99 Å². The number of piperidine rings is 1. The summed E-state index contributed by atoms with van der Waals surface area (Å²) in [7, 11) is 2.21. The molecule has 5 heteroatoms. The molecule has 0 unspecified atom stereocenters. The van der Waals surface area contributed by atoms with E-state index in [2.05, 4.69) is 29.0 Å². The first-order valence-corrected chi connectivity index (χ1v) is 9.46. The number of thioether (sulfide) groups is 1. The summed E-state index contributed by atoms with van der Waals surface area (Å²) in [5, 5.41) is 2.09. The molecule has 0 aliphatic carbocycles. The predicted molar refractivity (Wildman–Crippen MR) is 96.9 cm³/mol. The fourth-order valence-corrected chi connectivity index (χ4v) is 4.31. The molecule has 1 aromatic rings. The van der Waals surface area contributed by atoms with Crippen LogP contribution in [0.3, 0.4) is 0 Å². The highest BCUT2D eigenvalue weighted by Crippen LogP contribution is 2.27. The van der Waals surface area contributed by atoms with Crippen molar-refractivity contribution in [1.29, 1.82) is 0 Å². The Labute approximate surface area is 142 Å². The molecule has 3 rings (SSSR count). The van der Waals surface area contributed by atoms with Gasteiger partial charge in [0.25, 0.3) is 0 Å². The second-order valence-electron chi connectivity index (χ2n) is 6.12. The summed E-state index contributed by atoms with van der Waals surface area (Å²) < 4.78 is 0. The Morgan fingerprint density at radius 1 is 1.32 bits per heavy atom. The second-order valence-corrected chi connectivity index (χ2v) is 7.59. The Kier molecular flexibility index (Phi) is 5.66. The largest absolute Gasteiger partial charge is 0.344 e. The molecule has 0 spiro atoms. The third kappa shape index (κ3) is 3.98. The van der Waals surface area contributed by atoms with Crippen LogP contribution in [0.5, 0.6) is 0 Å². The lowest BCUT2D eigenvalue weighted by Gasteiger charge is -2.39. The van der Waals surface area contributed by atoms with Gasteiger partial charge in [0, 0.05) is 29.9 Å². The molecular formula is C17H24ClN3S. The van der Waals surface area contributed by atoms with Crippen molar-refractivity contribution in [2.24, 2.45) is 4.99 Å². The SMILES string of the molecule is CN1CCC(N(Cc2ccccc2Cl)C2=NCCCS2)CC1. The lowest BCUT2D eigenvalue weighted by Crippen LogP contribution is -2.46. The predicted octanol–water partition coefficient (Wildman–Crippen LogP) is 3.73. The summed E-state index contributed by atoms with van der Waals surface area (Å²) in [6, 6.07) is 8.78. The van der Waals surface area contributed by atoms with Crippen LogP contribution < -0.4 is 0 Å². The molecule has 0 N–H and O–H groups in total. The summed E-state index contributed by atoms with van der Waals surface area (Å²) >= 11 is 8.30. The van der Waals surface area contributed by atoms with E-state index in [0.717, 1.165) is 18.1 Å². The van der Waals surface area contributed by atoms with Gasteiger partial charge in [0.15, 0.2) is 5.17 Å². The van der Waals surface area contributed by atoms with E-state index >= 15 is 0 Å². The topological polar surface area (TPSA) is 18.8 Å². The number of hydrogen-bond acceptors (Lipinski definition) is 4. The van der Waals surface area contributed by atoms with Crippen molar-refractivity contribution >= 4 is 28.5 Å². The summed E-state index contributed by atoms with van der Waals surface area (Å²) in [4.78, 5) is 9.73. The van der Waals surface area contributed by atoms with Crippen LogP contribution in [0.4, 0.5) is 0 Å². The third-order valence-electron chi connectivity index (χ3n) is 4.45. The maximum absolute atomic E-state index is 6.39. The Hall–Kier alpha value is -0.710. The van der Waals surface area contributed by atoms with Crippen molar-refractivity contribution in [3.8, 4) is 0 Å². The van der Waals surface area contributed by atoms with Crippen LogP contribution in [-0.2, 0) is 6.54 Å². The minimum atomic E-state index is 0.580. The van der Waals surface area contributed by atoms with E-state index in [-0.39, 0.29) is 0 Å². The van der Waals surface area contributed by atoms with Crippen LogP contribution in [0, 0.1) is 0 Å². The van der Waals surface area contributed by atoms with Crippen LogP contribution in [0.2, 0.25) is 5.02 Å². The summed E-state index contributed by atoms with van der Waals surface area (Å²) in [5.41, 5.74) is 1.21. The Morgan fingerprint density at radius 2 is 2.09 bits per heavy atom. The van der Waals surface area contributed by atoms with Gasteiger partial charge < -0.3 is 9.80 Å². The molecule has 2 heterocycles. The van der Waals surface area contributed by atoms with E-state index in [1.165, 1.54) is 48.8 Å². The monoisotopic (exact) mass is 337 g/mol. The summed E-state index contributed by atoms with van der Waals surface area (Å²) in [5.74, 6) is 1.18. The van der Waals surface area contributed by atoms with E-state index in [9.17, 15) is 0 Å². The standard InChI is InChI=1S/C17H24ClN3S/c1-20-10-7-15(8-11-20)21(17-19-9-4-12-22-17)13-14-5-2-3-6-16(14)18/h2-3,5-6,15H,4,7-13H2,1H3. The molecule has 120 valence electrons. The zero-order chi connectivity index (χ0) is 15.4. The van der Waals surface area contributed by atoms with Crippen molar-refractivity contribution in [2.75, 3.05) is 32.4 Å². The van der Waals surface area contributed by atoms with Crippen molar-refractivity contribution < 1.29 is 0 Å². The molecule has 1 fully saturated rings. The van der Waals surface area contributed by atoms with Gasteiger partial charge >= 0.3 is 0 Å². The van der Waals surface area contributed by atoms with Gasteiger partial charge in [0.2, 0.25) is 0 Å². The smallest absolute Gasteiger partial charge is 0.159 e. The fourth-order valence-electron chi connectivity index (χ4n) is 3.09. The quantitative estimate of drug-likeness (QED) is 0.837. The van der Waals surface area contributed by atoms with Crippen LogP contribution in [-0.4, -0.2) is 53.4 Å². The van der Waals surface area contributed by atoms with E-state index < -0.39 is 0 Å². The molecule has 0 aromatic heterocycles. The first-order valence-electron chi connectivity index (χ1n) is 8.10. The number of rotatable bonds is 3. The minimum absolute atomic E-state index is 0.580. The van der Waals surface area contributed by atoms with Gasteiger partial charge in [-0.15, -0.1) is 0 Å². The van der Waals surface area contributed by atoms with Gasteiger partial charge in [0.1, 0.15) is 0 Å². The molecule has 0 radical (unpaired) electrons. The van der Waals surface area contributed by atoms with Crippen LogP contribution >= 0.6 is 23.4 Å². The third-order valence-corrected chi connectivity index (χ3v) is 5.94. The number of likely N-dealkylation sites (tertiary alicyclic amines) is 1. The van der Waals surface area contributed by atoms with Gasteiger partial charge in [-0.1, -0.05) is 41.6 Å². The maximum Gasteiger partial charge on any atom is 0.159 e.